The number of hydrogen-bond acceptors (Lipinski definition) is 4. The fourth-order valence-electron chi connectivity index (χ4n) is 2.08. The molecule has 2 aliphatic heterocycles. The highest BCUT2D eigenvalue weighted by Crippen LogP contribution is 2.52. The molecular weight excluding hydrogens is 273 g/mol. The average Bonchev–Trinajstić information content (AvgIpc) is 2.47. The second-order valence-electron chi connectivity index (χ2n) is 4.23. The van der Waals surface area contributed by atoms with Crippen molar-refractivity contribution in [1.82, 2.24) is 4.90 Å². The number of carbonyl (C=O) groups excluding carboxylic acids is 2. The van der Waals surface area contributed by atoms with Crippen molar-refractivity contribution in [2.75, 3.05) is 6.07 Å². The average molecular weight is 284 g/mol. The van der Waals surface area contributed by atoms with Gasteiger partial charge >= 0.3 is 5.97 Å². The summed E-state index contributed by atoms with van der Waals surface area (Å²) >= 11 is 12.8. The van der Waals surface area contributed by atoms with Crippen LogP contribution in [0.3, 0.4) is 0 Å². The molecule has 0 aromatic carbocycles. The molecule has 0 unspecified atom stereocenters. The first-order chi connectivity index (χ1) is 7.40. The van der Waals surface area contributed by atoms with Gasteiger partial charge in [0.15, 0.2) is 6.07 Å². The van der Waals surface area contributed by atoms with Crippen LogP contribution in [0.5, 0.6) is 0 Å². The van der Waals surface area contributed by atoms with Crippen LogP contribution >= 0.6 is 35.0 Å². The van der Waals surface area contributed by atoms with Gasteiger partial charge in [0.1, 0.15) is 16.8 Å². The van der Waals surface area contributed by atoms with Gasteiger partial charge in [-0.15, -0.1) is 23.4 Å². The summed E-state index contributed by atoms with van der Waals surface area (Å²) in [6.45, 7) is 3.79. The van der Waals surface area contributed by atoms with Crippen molar-refractivity contribution in [3.8, 4) is 0 Å². The molecule has 90 valence electrons. The van der Waals surface area contributed by atoms with Gasteiger partial charge in [-0.1, -0.05) is 11.6 Å². The van der Waals surface area contributed by atoms with Gasteiger partial charge in [-0.05, 0) is 13.8 Å². The number of nitrogens with zero attached hydrogens (tertiary/aromatic N) is 1. The third kappa shape index (κ3) is 1.60. The number of carbonyl (C=O) groups is 2. The Morgan fingerprint density at radius 2 is 2.25 bits per heavy atom. The first kappa shape index (κ1) is 12.3. The van der Waals surface area contributed by atoms with E-state index in [0.717, 1.165) is 0 Å². The molecule has 3 atom stereocenters. The fraction of sp³-hybridized carbons (Fsp3) is 0.778. The van der Waals surface area contributed by atoms with E-state index in [1.807, 2.05) is 13.8 Å². The van der Waals surface area contributed by atoms with E-state index < -0.39 is 22.1 Å². The van der Waals surface area contributed by atoms with Crippen LogP contribution in [0.25, 0.3) is 0 Å². The van der Waals surface area contributed by atoms with Crippen molar-refractivity contribution in [1.29, 1.82) is 0 Å². The van der Waals surface area contributed by atoms with Crippen molar-refractivity contribution in [2.24, 2.45) is 0 Å². The lowest BCUT2D eigenvalue weighted by molar-refractivity contribution is -0.159. The zero-order valence-electron chi connectivity index (χ0n) is 8.78. The van der Waals surface area contributed by atoms with E-state index in [2.05, 4.69) is 0 Å². The van der Waals surface area contributed by atoms with Gasteiger partial charge in [0.2, 0.25) is 5.91 Å². The number of amides is 1. The van der Waals surface area contributed by atoms with E-state index in [1.54, 1.807) is 0 Å². The Morgan fingerprint density at radius 1 is 1.62 bits per heavy atom. The number of thioether (sulfide) groups is 1. The Balaban J connectivity index is 2.22. The molecule has 2 rings (SSSR count). The SMILES string of the molecule is CC1(C)S[C@@H]2[C@H](Cl)C(=O)N2[C@H]1C(=O)OCCl. The van der Waals surface area contributed by atoms with Gasteiger partial charge in [-0.25, -0.2) is 4.79 Å². The van der Waals surface area contributed by atoms with Gasteiger partial charge in [0.25, 0.3) is 0 Å². The lowest BCUT2D eigenvalue weighted by atomic mass is 9.98. The number of β-lactam (4-membered cyclic amide) rings is 1. The summed E-state index contributed by atoms with van der Waals surface area (Å²) < 4.78 is 4.38. The largest absolute Gasteiger partial charge is 0.448 e. The van der Waals surface area contributed by atoms with Crippen molar-refractivity contribution >= 4 is 46.8 Å². The van der Waals surface area contributed by atoms with Crippen LogP contribution in [0.2, 0.25) is 0 Å². The minimum atomic E-state index is -0.594. The van der Waals surface area contributed by atoms with Crippen molar-refractivity contribution in [2.45, 2.75) is 35.4 Å². The minimum Gasteiger partial charge on any atom is -0.448 e. The highest BCUT2D eigenvalue weighted by atomic mass is 35.5. The number of halogens is 2. The number of rotatable bonds is 2. The molecule has 2 saturated heterocycles. The summed E-state index contributed by atoms with van der Waals surface area (Å²) in [6.07, 6.45) is 0. The summed E-state index contributed by atoms with van der Waals surface area (Å²) in [5.41, 5.74) is 0. The quantitative estimate of drug-likeness (QED) is 0.437. The molecule has 0 aromatic heterocycles. The second-order valence-corrected chi connectivity index (χ2v) is 6.69. The molecule has 4 nitrogen and oxygen atoms in total. The molecule has 0 N–H and O–H groups in total. The Kier molecular flexibility index (Phi) is 3.05. The van der Waals surface area contributed by atoms with Crippen LogP contribution in [0.4, 0.5) is 0 Å². The number of hydrogen-bond donors (Lipinski definition) is 0. The maximum atomic E-state index is 11.7. The number of esters is 1. The predicted molar refractivity (Wildman–Crippen MR) is 62.5 cm³/mol. The molecule has 0 radical (unpaired) electrons. The highest BCUT2D eigenvalue weighted by molar-refractivity contribution is 8.01. The maximum Gasteiger partial charge on any atom is 0.331 e. The maximum absolute atomic E-state index is 11.7. The van der Waals surface area contributed by atoms with E-state index in [1.165, 1.54) is 16.7 Å². The van der Waals surface area contributed by atoms with Gasteiger partial charge in [-0.2, -0.15) is 0 Å². The van der Waals surface area contributed by atoms with Crippen LogP contribution in [-0.2, 0) is 14.3 Å². The topological polar surface area (TPSA) is 46.6 Å². The first-order valence-corrected chi connectivity index (χ1v) is 6.62. The third-order valence-electron chi connectivity index (χ3n) is 2.80. The van der Waals surface area contributed by atoms with E-state index in [0.29, 0.717) is 0 Å². The van der Waals surface area contributed by atoms with E-state index in [9.17, 15) is 9.59 Å². The standard InChI is InChI=1S/C9H11Cl2NO3S/c1-9(2)5(8(14)15-3-10)12-6(13)4(11)7(12)16-9/h4-5,7H,3H2,1-2H3/t4-,5+,7-/m1/s1. The Hall–Kier alpha value is -0.130. The molecule has 0 saturated carbocycles. The summed E-state index contributed by atoms with van der Waals surface area (Å²) in [6, 6.07) is -0.795. The number of ether oxygens (including phenoxy) is 1. The molecule has 16 heavy (non-hydrogen) atoms. The van der Waals surface area contributed by atoms with Crippen LogP contribution < -0.4 is 0 Å². The minimum absolute atomic E-state index is 0.128. The van der Waals surface area contributed by atoms with Crippen LogP contribution in [0.15, 0.2) is 0 Å². The Labute approximate surface area is 108 Å². The van der Waals surface area contributed by atoms with Crippen molar-refractivity contribution < 1.29 is 14.3 Å². The van der Waals surface area contributed by atoms with Crippen LogP contribution in [0, 0.1) is 0 Å². The van der Waals surface area contributed by atoms with Gasteiger partial charge < -0.3 is 9.64 Å². The fourth-order valence-corrected chi connectivity index (χ4v) is 4.11. The van der Waals surface area contributed by atoms with Crippen molar-refractivity contribution in [3.05, 3.63) is 0 Å². The molecule has 0 spiro atoms. The molecule has 2 heterocycles. The second kappa shape index (κ2) is 3.96. The number of alkyl halides is 2. The summed E-state index contributed by atoms with van der Waals surface area (Å²) in [7, 11) is 0. The predicted octanol–water partition coefficient (Wildman–Crippen LogP) is 1.40. The Bertz CT molecular complexity index is 350. The molecule has 0 aromatic rings. The van der Waals surface area contributed by atoms with E-state index in [-0.39, 0.29) is 17.3 Å². The zero-order chi connectivity index (χ0) is 12.1. The summed E-state index contributed by atoms with van der Waals surface area (Å²) in [5, 5.41) is -0.657. The summed E-state index contributed by atoms with van der Waals surface area (Å²) in [4.78, 5) is 24.8. The third-order valence-corrected chi connectivity index (χ3v) is 5.05. The number of fused-ring (bicyclic) bond motifs is 1. The molecule has 7 heteroatoms. The monoisotopic (exact) mass is 283 g/mol. The van der Waals surface area contributed by atoms with Gasteiger partial charge in [0, 0.05) is 4.75 Å². The normalized spacial score (nSPS) is 35.6. The lowest BCUT2D eigenvalue weighted by Gasteiger charge is -2.40. The first-order valence-electron chi connectivity index (χ1n) is 4.77. The molecule has 2 fully saturated rings. The van der Waals surface area contributed by atoms with E-state index in [4.69, 9.17) is 27.9 Å². The van der Waals surface area contributed by atoms with E-state index >= 15 is 0 Å². The molecule has 0 aliphatic carbocycles. The highest BCUT2D eigenvalue weighted by Gasteiger charge is 2.63. The molecular formula is C9H11Cl2NO3S. The molecule has 1 amide bonds. The van der Waals surface area contributed by atoms with Gasteiger partial charge in [0.05, 0.1) is 0 Å². The van der Waals surface area contributed by atoms with Gasteiger partial charge in [-0.3, -0.25) is 4.79 Å². The smallest absolute Gasteiger partial charge is 0.331 e. The molecule has 0 bridgehead atoms. The Morgan fingerprint density at radius 3 is 2.81 bits per heavy atom. The zero-order valence-corrected chi connectivity index (χ0v) is 11.1. The lowest BCUT2D eigenvalue weighted by Crippen LogP contribution is -2.63. The summed E-state index contributed by atoms with van der Waals surface area (Å²) in [5.74, 6) is -0.673. The van der Waals surface area contributed by atoms with Crippen LogP contribution in [-0.4, -0.2) is 44.4 Å². The van der Waals surface area contributed by atoms with Crippen molar-refractivity contribution in [3.63, 3.8) is 0 Å². The molecule has 2 aliphatic rings. The van der Waals surface area contributed by atoms with Crippen LogP contribution in [0.1, 0.15) is 13.8 Å².